The number of allylic oxidation sites excluding steroid dienone is 18. The molecule has 76 heavy (non-hydrogen) atoms. The topological polar surface area (TPSA) is 78.9 Å². The molecule has 0 saturated heterocycles. The number of hydrogen-bond acceptors (Lipinski definition) is 6. The maximum absolute atomic E-state index is 12.9. The van der Waals surface area contributed by atoms with Crippen LogP contribution in [0, 0.1) is 0 Å². The zero-order valence-electron chi connectivity index (χ0n) is 49.7. The number of ether oxygens (including phenoxy) is 3. The van der Waals surface area contributed by atoms with E-state index in [4.69, 9.17) is 14.2 Å². The normalized spacial score (nSPS) is 12.8. The number of unbranched alkanes of at least 4 members (excludes halogenated alkanes) is 28. The summed E-state index contributed by atoms with van der Waals surface area (Å²) >= 11 is 0. The van der Waals surface area contributed by atoms with Gasteiger partial charge in [-0.1, -0.05) is 278 Å². The lowest BCUT2D eigenvalue weighted by Gasteiger charge is -2.18. The highest BCUT2D eigenvalue weighted by Crippen LogP contribution is 2.16. The van der Waals surface area contributed by atoms with E-state index in [1.165, 1.54) is 122 Å². The van der Waals surface area contributed by atoms with Gasteiger partial charge >= 0.3 is 17.9 Å². The summed E-state index contributed by atoms with van der Waals surface area (Å²) < 4.78 is 16.9. The summed E-state index contributed by atoms with van der Waals surface area (Å²) in [6, 6.07) is 0. The SMILES string of the molecule is CC/C=C\C/C=C\C/C=C\C/C=C\C/C=C\C/C=C\C/C=C\CCCCCC(=O)OCC(COC(=O)CCCCCCC/C=C\C/C=C\CCCCC)OC(=O)CCCCCCCCCCCCCCCCCCCC. The van der Waals surface area contributed by atoms with Crippen LogP contribution in [0.3, 0.4) is 0 Å². The molecule has 0 aliphatic carbocycles. The maximum atomic E-state index is 12.9. The van der Waals surface area contributed by atoms with E-state index < -0.39 is 6.10 Å². The van der Waals surface area contributed by atoms with Crippen molar-refractivity contribution in [2.24, 2.45) is 0 Å². The summed E-state index contributed by atoms with van der Waals surface area (Å²) in [5.41, 5.74) is 0. The Kier molecular flexibility index (Phi) is 60.3. The summed E-state index contributed by atoms with van der Waals surface area (Å²) in [4.78, 5) is 38.3. The molecule has 0 aliphatic heterocycles. The molecule has 0 heterocycles. The fourth-order valence-electron chi connectivity index (χ4n) is 8.75. The van der Waals surface area contributed by atoms with Crippen LogP contribution in [0.25, 0.3) is 0 Å². The first-order chi connectivity index (χ1) is 37.5. The fraction of sp³-hybridized carbons (Fsp3) is 0.700. The highest BCUT2D eigenvalue weighted by Gasteiger charge is 2.19. The maximum Gasteiger partial charge on any atom is 0.306 e. The largest absolute Gasteiger partial charge is 0.462 e. The number of carbonyl (C=O) groups is 3. The van der Waals surface area contributed by atoms with E-state index in [0.29, 0.717) is 19.3 Å². The van der Waals surface area contributed by atoms with E-state index in [1.54, 1.807) is 0 Å². The predicted molar refractivity (Wildman–Crippen MR) is 330 cm³/mol. The number of hydrogen-bond donors (Lipinski definition) is 0. The first-order valence-electron chi connectivity index (χ1n) is 31.9. The minimum atomic E-state index is -0.799. The minimum absolute atomic E-state index is 0.0951. The molecular formula is C70H118O6. The molecule has 6 heteroatoms. The number of carbonyl (C=O) groups excluding carboxylic acids is 3. The summed E-state index contributed by atoms with van der Waals surface area (Å²) in [6.45, 7) is 6.49. The van der Waals surface area contributed by atoms with Gasteiger partial charge in [-0.2, -0.15) is 0 Å². The molecule has 0 aliphatic rings. The van der Waals surface area contributed by atoms with E-state index >= 15 is 0 Å². The van der Waals surface area contributed by atoms with Crippen LogP contribution in [-0.4, -0.2) is 37.2 Å². The Morgan fingerprint density at radius 2 is 0.513 bits per heavy atom. The molecule has 0 radical (unpaired) electrons. The van der Waals surface area contributed by atoms with Gasteiger partial charge in [0.1, 0.15) is 13.2 Å². The van der Waals surface area contributed by atoms with Crippen molar-refractivity contribution in [2.45, 2.75) is 303 Å². The second-order valence-electron chi connectivity index (χ2n) is 20.9. The van der Waals surface area contributed by atoms with Gasteiger partial charge in [-0.15, -0.1) is 0 Å². The monoisotopic (exact) mass is 1050 g/mol. The molecule has 0 bridgehead atoms. The van der Waals surface area contributed by atoms with Crippen LogP contribution in [0.15, 0.2) is 109 Å². The molecule has 0 aromatic heterocycles. The molecule has 0 aromatic carbocycles. The smallest absolute Gasteiger partial charge is 0.306 e. The van der Waals surface area contributed by atoms with Gasteiger partial charge < -0.3 is 14.2 Å². The van der Waals surface area contributed by atoms with Crippen molar-refractivity contribution < 1.29 is 28.6 Å². The fourth-order valence-corrected chi connectivity index (χ4v) is 8.75. The van der Waals surface area contributed by atoms with Crippen molar-refractivity contribution in [1.82, 2.24) is 0 Å². The zero-order chi connectivity index (χ0) is 55.0. The third kappa shape index (κ3) is 60.9. The number of rotatable bonds is 57. The highest BCUT2D eigenvalue weighted by atomic mass is 16.6. The molecule has 0 saturated carbocycles. The third-order valence-corrected chi connectivity index (χ3v) is 13.5. The Morgan fingerprint density at radius 3 is 0.842 bits per heavy atom. The lowest BCUT2D eigenvalue weighted by molar-refractivity contribution is -0.167. The third-order valence-electron chi connectivity index (χ3n) is 13.5. The Labute approximate surface area is 470 Å². The van der Waals surface area contributed by atoms with Crippen molar-refractivity contribution in [3.63, 3.8) is 0 Å². The molecule has 0 N–H and O–H groups in total. The van der Waals surface area contributed by atoms with Gasteiger partial charge in [0, 0.05) is 19.3 Å². The number of esters is 3. The van der Waals surface area contributed by atoms with Crippen LogP contribution >= 0.6 is 0 Å². The second kappa shape index (κ2) is 63.6. The molecule has 6 nitrogen and oxygen atoms in total. The molecule has 1 unspecified atom stereocenters. The van der Waals surface area contributed by atoms with Gasteiger partial charge in [0.2, 0.25) is 0 Å². The van der Waals surface area contributed by atoms with Crippen molar-refractivity contribution in [1.29, 1.82) is 0 Å². The van der Waals surface area contributed by atoms with E-state index in [9.17, 15) is 14.4 Å². The van der Waals surface area contributed by atoms with Crippen LogP contribution in [-0.2, 0) is 28.6 Å². The van der Waals surface area contributed by atoms with Gasteiger partial charge in [0.05, 0.1) is 0 Å². The summed E-state index contributed by atoms with van der Waals surface area (Å²) in [5.74, 6) is -0.932. The van der Waals surface area contributed by atoms with Crippen LogP contribution in [0.4, 0.5) is 0 Å². The van der Waals surface area contributed by atoms with E-state index in [2.05, 4.69) is 130 Å². The lowest BCUT2D eigenvalue weighted by atomic mass is 10.0. The minimum Gasteiger partial charge on any atom is -0.462 e. The summed E-state index contributed by atoms with van der Waals surface area (Å²) in [6.07, 6.45) is 86.6. The highest BCUT2D eigenvalue weighted by molar-refractivity contribution is 5.71. The Balaban J connectivity index is 4.44. The standard InChI is InChI=1S/C70H118O6/c1-4-7-10-13-16-19-22-25-28-30-32-33-34-35-36-37-38-40-42-45-48-51-54-57-60-63-69(72)75-66-67(65-74-68(71)62-59-56-53-50-47-44-41-27-24-21-18-15-12-9-6-3)76-70(73)64-61-58-55-52-49-46-43-39-31-29-26-23-20-17-14-11-8-5-2/h7,10,16,18-19,21,25,27-28,32-33,35-36,38,40-41,45,48,67H,4-6,8-9,11-15,17,20,22-24,26,29-31,34,37,39,42-44,46-47,49-66H2,1-3H3/b10-7-,19-16-,21-18-,28-25-,33-32-,36-35-,40-38-,41-27-,48-45-. The van der Waals surface area contributed by atoms with Gasteiger partial charge in [0.15, 0.2) is 6.10 Å². The van der Waals surface area contributed by atoms with Crippen molar-refractivity contribution >= 4 is 17.9 Å². The Morgan fingerprint density at radius 1 is 0.276 bits per heavy atom. The van der Waals surface area contributed by atoms with Crippen LogP contribution in [0.5, 0.6) is 0 Å². The quantitative estimate of drug-likeness (QED) is 0.0261. The average Bonchev–Trinajstić information content (AvgIpc) is 3.42. The molecule has 0 amide bonds. The predicted octanol–water partition coefficient (Wildman–Crippen LogP) is 21.8. The van der Waals surface area contributed by atoms with Gasteiger partial charge in [0.25, 0.3) is 0 Å². The summed E-state index contributed by atoms with van der Waals surface area (Å²) in [5, 5.41) is 0. The first-order valence-corrected chi connectivity index (χ1v) is 31.9. The molecular weight excluding hydrogens is 937 g/mol. The molecule has 0 aromatic rings. The Hall–Kier alpha value is -3.93. The van der Waals surface area contributed by atoms with E-state index in [1.807, 2.05) is 0 Å². The van der Waals surface area contributed by atoms with Gasteiger partial charge in [-0.05, 0) is 109 Å². The van der Waals surface area contributed by atoms with Crippen molar-refractivity contribution in [3.05, 3.63) is 109 Å². The van der Waals surface area contributed by atoms with Gasteiger partial charge in [-0.25, -0.2) is 0 Å². The molecule has 0 rings (SSSR count). The molecule has 1 atom stereocenters. The molecule has 0 fully saturated rings. The van der Waals surface area contributed by atoms with Crippen molar-refractivity contribution in [2.75, 3.05) is 13.2 Å². The van der Waals surface area contributed by atoms with Crippen molar-refractivity contribution in [3.8, 4) is 0 Å². The van der Waals surface area contributed by atoms with Crippen LogP contribution < -0.4 is 0 Å². The van der Waals surface area contributed by atoms with Crippen LogP contribution in [0.2, 0.25) is 0 Å². The first kappa shape index (κ1) is 72.1. The summed E-state index contributed by atoms with van der Waals surface area (Å²) in [7, 11) is 0. The van der Waals surface area contributed by atoms with Gasteiger partial charge in [-0.3, -0.25) is 14.4 Å². The van der Waals surface area contributed by atoms with Crippen LogP contribution in [0.1, 0.15) is 297 Å². The second-order valence-corrected chi connectivity index (χ2v) is 20.9. The molecule has 434 valence electrons. The lowest BCUT2D eigenvalue weighted by Crippen LogP contribution is -2.30. The zero-order valence-corrected chi connectivity index (χ0v) is 49.7. The Bertz CT molecular complexity index is 1540. The molecule has 0 spiro atoms. The van der Waals surface area contributed by atoms with E-state index in [0.717, 1.165) is 135 Å². The average molecular weight is 1060 g/mol. The van der Waals surface area contributed by atoms with E-state index in [-0.39, 0.29) is 31.1 Å².